The Balaban J connectivity index is 0. The lowest BCUT2D eigenvalue weighted by Gasteiger charge is -1.90. The molecule has 0 heterocycles. The largest absolute Gasteiger partial charge is 0.480 e. The van der Waals surface area contributed by atoms with E-state index in [1.165, 1.54) is 13.8 Å². The van der Waals surface area contributed by atoms with E-state index in [4.69, 9.17) is 21.1 Å². The second-order valence-corrected chi connectivity index (χ2v) is 2.14. The quantitative estimate of drug-likeness (QED) is 0.425. The van der Waals surface area contributed by atoms with Gasteiger partial charge in [0.25, 0.3) is 0 Å². The third-order valence-electron chi connectivity index (χ3n) is 0.747. The Morgan fingerprint density at radius 3 is 1.33 bits per heavy atom. The van der Waals surface area contributed by atoms with Gasteiger partial charge >= 0.3 is 11.9 Å². The maximum Gasteiger partial charge on any atom is 0.332 e. The van der Waals surface area contributed by atoms with Crippen LogP contribution in [0.3, 0.4) is 0 Å². The molecule has 0 aliphatic heterocycles. The van der Waals surface area contributed by atoms with E-state index in [1.54, 1.807) is 0 Å². The molecule has 0 saturated heterocycles. The first-order chi connectivity index (χ1) is 5.29. The van der Waals surface area contributed by atoms with Gasteiger partial charge in [0.2, 0.25) is 0 Å². The molecule has 0 aromatic carbocycles. The minimum atomic E-state index is -1.23. The van der Waals surface area contributed by atoms with Crippen molar-refractivity contribution >= 4 is 11.9 Å². The average Bonchev–Trinajstić information content (AvgIpc) is 1.88. The Morgan fingerprint density at radius 1 is 1.17 bits per heavy atom. The van der Waals surface area contributed by atoms with Crippen LogP contribution in [0.15, 0.2) is 0 Å². The molecular formula is C6H13NO5. The molecule has 0 aromatic heterocycles. The summed E-state index contributed by atoms with van der Waals surface area (Å²) in [5.41, 5.74) is 4.84. The number of aliphatic hydroxyl groups excluding tert-OH is 1. The Labute approximate surface area is 69.6 Å². The van der Waals surface area contributed by atoms with E-state index in [0.717, 1.165) is 0 Å². The molecule has 0 radical (unpaired) electrons. The zero-order chi connectivity index (χ0) is 10.3. The Morgan fingerprint density at radius 2 is 1.33 bits per heavy atom. The molecular weight excluding hydrogens is 166 g/mol. The van der Waals surface area contributed by atoms with Crippen LogP contribution in [0.25, 0.3) is 0 Å². The van der Waals surface area contributed by atoms with Crippen molar-refractivity contribution in [2.45, 2.75) is 26.0 Å². The van der Waals surface area contributed by atoms with Gasteiger partial charge < -0.3 is 21.1 Å². The van der Waals surface area contributed by atoms with Gasteiger partial charge in [0.05, 0.1) is 0 Å². The number of nitrogens with two attached hydrogens (primary N) is 1. The smallest absolute Gasteiger partial charge is 0.332 e. The van der Waals surface area contributed by atoms with Crippen molar-refractivity contribution in [3.8, 4) is 0 Å². The summed E-state index contributed by atoms with van der Waals surface area (Å²) >= 11 is 0. The molecule has 2 atom stereocenters. The van der Waals surface area contributed by atoms with Crippen LogP contribution in [0.1, 0.15) is 13.8 Å². The molecule has 72 valence electrons. The van der Waals surface area contributed by atoms with Crippen LogP contribution >= 0.6 is 0 Å². The monoisotopic (exact) mass is 179 g/mol. The number of carbonyl (C=O) groups is 2. The van der Waals surface area contributed by atoms with E-state index >= 15 is 0 Å². The van der Waals surface area contributed by atoms with Crippen molar-refractivity contribution in [3.63, 3.8) is 0 Å². The molecule has 12 heavy (non-hydrogen) atoms. The number of aliphatic carboxylic acids is 2. The van der Waals surface area contributed by atoms with Crippen LogP contribution < -0.4 is 5.73 Å². The highest BCUT2D eigenvalue weighted by Crippen LogP contribution is 1.73. The molecule has 0 spiro atoms. The summed E-state index contributed by atoms with van der Waals surface area (Å²) in [6, 6.07) is -0.731. The summed E-state index contributed by atoms with van der Waals surface area (Å²) in [7, 11) is 0. The molecule has 0 rings (SSSR count). The van der Waals surface area contributed by atoms with Crippen molar-refractivity contribution in [3.05, 3.63) is 0 Å². The van der Waals surface area contributed by atoms with Gasteiger partial charge in [-0.2, -0.15) is 0 Å². The zero-order valence-corrected chi connectivity index (χ0v) is 6.89. The SMILES string of the molecule is CC(O)C(=O)O.C[C@H](N)C(=O)O. The third kappa shape index (κ3) is 11.6. The number of aliphatic hydroxyl groups is 1. The van der Waals surface area contributed by atoms with Crippen molar-refractivity contribution in [1.29, 1.82) is 0 Å². The molecule has 0 bridgehead atoms. The number of hydrogen-bond acceptors (Lipinski definition) is 4. The summed E-state index contributed by atoms with van der Waals surface area (Å²) in [5, 5.41) is 23.6. The highest BCUT2D eigenvalue weighted by atomic mass is 16.4. The molecule has 0 fully saturated rings. The number of rotatable bonds is 2. The lowest BCUT2D eigenvalue weighted by molar-refractivity contribution is -0.145. The topological polar surface area (TPSA) is 121 Å². The normalized spacial score (nSPS) is 13.7. The minimum Gasteiger partial charge on any atom is -0.480 e. The molecule has 0 aromatic rings. The molecule has 0 aliphatic carbocycles. The Bertz CT molecular complexity index is 136. The van der Waals surface area contributed by atoms with E-state index in [1.807, 2.05) is 0 Å². The fourth-order valence-corrected chi connectivity index (χ4v) is 0. The van der Waals surface area contributed by atoms with Gasteiger partial charge in [0.1, 0.15) is 12.1 Å². The molecule has 1 unspecified atom stereocenters. The van der Waals surface area contributed by atoms with Gasteiger partial charge in [-0.25, -0.2) is 4.79 Å². The van der Waals surface area contributed by atoms with Crippen molar-refractivity contribution in [2.75, 3.05) is 0 Å². The van der Waals surface area contributed by atoms with Crippen molar-refractivity contribution < 1.29 is 24.9 Å². The molecule has 6 nitrogen and oxygen atoms in total. The molecule has 6 heteroatoms. The predicted molar refractivity (Wildman–Crippen MR) is 40.6 cm³/mol. The second kappa shape index (κ2) is 6.56. The Kier molecular flexibility index (Phi) is 7.36. The number of hydrogen-bond donors (Lipinski definition) is 4. The van der Waals surface area contributed by atoms with Gasteiger partial charge in [-0.1, -0.05) is 0 Å². The Hall–Kier alpha value is -1.14. The van der Waals surface area contributed by atoms with Crippen molar-refractivity contribution in [1.82, 2.24) is 0 Å². The number of carboxylic acid groups (broad SMARTS) is 2. The fraction of sp³-hybridized carbons (Fsp3) is 0.667. The van der Waals surface area contributed by atoms with Crippen LogP contribution in [0.4, 0.5) is 0 Å². The summed E-state index contributed by atoms with van der Waals surface area (Å²) in [6.45, 7) is 2.62. The van der Waals surface area contributed by atoms with E-state index < -0.39 is 24.1 Å². The highest BCUT2D eigenvalue weighted by Gasteiger charge is 2.01. The summed E-state index contributed by atoms with van der Waals surface area (Å²) in [5.74, 6) is -2.15. The maximum absolute atomic E-state index is 9.57. The van der Waals surface area contributed by atoms with Gasteiger partial charge in [-0.05, 0) is 13.8 Å². The van der Waals surface area contributed by atoms with Gasteiger partial charge in [-0.15, -0.1) is 0 Å². The first kappa shape index (κ1) is 13.4. The summed E-state index contributed by atoms with van der Waals surface area (Å²) in [4.78, 5) is 19.0. The summed E-state index contributed by atoms with van der Waals surface area (Å²) < 4.78 is 0. The van der Waals surface area contributed by atoms with E-state index in [2.05, 4.69) is 0 Å². The lowest BCUT2D eigenvalue weighted by atomic mass is 10.4. The zero-order valence-electron chi connectivity index (χ0n) is 6.89. The van der Waals surface area contributed by atoms with Crippen LogP contribution in [-0.2, 0) is 9.59 Å². The maximum atomic E-state index is 9.57. The van der Waals surface area contributed by atoms with E-state index in [-0.39, 0.29) is 0 Å². The van der Waals surface area contributed by atoms with Gasteiger partial charge in [0.15, 0.2) is 0 Å². The third-order valence-corrected chi connectivity index (χ3v) is 0.747. The standard InChI is InChI=1S/C3H7NO2.C3H6O3/c2*1-2(4)3(5)6/h2H,4H2,1H3,(H,5,6);2,4H,1H3,(H,5,6)/t2-;/m0./s1. The van der Waals surface area contributed by atoms with Gasteiger partial charge in [0, 0.05) is 0 Å². The molecule has 0 amide bonds. The van der Waals surface area contributed by atoms with Crippen LogP contribution in [0, 0.1) is 0 Å². The molecule has 0 saturated carbocycles. The fourth-order valence-electron chi connectivity index (χ4n) is 0. The second-order valence-electron chi connectivity index (χ2n) is 2.14. The summed E-state index contributed by atoms with van der Waals surface area (Å²) in [6.07, 6.45) is -1.23. The molecule has 0 aliphatic rings. The lowest BCUT2D eigenvalue weighted by Crippen LogP contribution is -2.25. The highest BCUT2D eigenvalue weighted by molar-refractivity contribution is 5.72. The van der Waals surface area contributed by atoms with Crippen LogP contribution in [0.2, 0.25) is 0 Å². The van der Waals surface area contributed by atoms with Gasteiger partial charge in [-0.3, -0.25) is 4.79 Å². The van der Waals surface area contributed by atoms with Crippen LogP contribution in [-0.4, -0.2) is 39.4 Å². The first-order valence-electron chi connectivity index (χ1n) is 3.18. The average molecular weight is 179 g/mol. The first-order valence-corrected chi connectivity index (χ1v) is 3.18. The number of carboxylic acids is 2. The van der Waals surface area contributed by atoms with Crippen molar-refractivity contribution in [2.24, 2.45) is 5.73 Å². The van der Waals surface area contributed by atoms with Crippen LogP contribution in [0.5, 0.6) is 0 Å². The predicted octanol–water partition coefficient (Wildman–Crippen LogP) is -1.13. The minimum absolute atomic E-state index is 0.731. The van der Waals surface area contributed by atoms with E-state index in [9.17, 15) is 9.59 Å². The van der Waals surface area contributed by atoms with E-state index in [0.29, 0.717) is 0 Å². The molecule has 5 N–H and O–H groups in total.